The van der Waals surface area contributed by atoms with Gasteiger partial charge in [-0.25, -0.2) is 0 Å². The van der Waals surface area contributed by atoms with E-state index in [1.54, 1.807) is 0 Å². The number of nitrogens with zero attached hydrogens (tertiary/aromatic N) is 1. The number of esters is 1. The first-order chi connectivity index (χ1) is 8.92. The Morgan fingerprint density at radius 1 is 1.37 bits per heavy atom. The Balaban J connectivity index is 2.72. The highest BCUT2D eigenvalue weighted by molar-refractivity contribution is 5.76. The van der Waals surface area contributed by atoms with Crippen molar-refractivity contribution in [1.29, 1.82) is 5.26 Å². The van der Waals surface area contributed by atoms with Gasteiger partial charge in [-0.05, 0) is 32.8 Å². The molecule has 0 saturated heterocycles. The summed E-state index contributed by atoms with van der Waals surface area (Å²) in [6.45, 7) is 5.61. The van der Waals surface area contributed by atoms with E-state index in [0.29, 0.717) is 6.42 Å². The standard InChI is InChI=1S/C15H20N2O2/c1-15(2,3)19-14(18)13(17-10-9-16)11-12-7-5-4-6-8-12/h4-8,13,17H,10-11H2,1-3H3/t13-/m1/s1. The van der Waals surface area contributed by atoms with Crippen LogP contribution in [0.15, 0.2) is 30.3 Å². The van der Waals surface area contributed by atoms with E-state index in [9.17, 15) is 4.79 Å². The highest BCUT2D eigenvalue weighted by Crippen LogP contribution is 2.11. The van der Waals surface area contributed by atoms with Gasteiger partial charge in [0, 0.05) is 0 Å². The summed E-state index contributed by atoms with van der Waals surface area (Å²) >= 11 is 0. The number of hydrogen-bond acceptors (Lipinski definition) is 4. The Hall–Kier alpha value is -1.86. The molecule has 19 heavy (non-hydrogen) atoms. The molecule has 4 heteroatoms. The van der Waals surface area contributed by atoms with Crippen LogP contribution in [0.2, 0.25) is 0 Å². The summed E-state index contributed by atoms with van der Waals surface area (Å²) in [6, 6.07) is 11.2. The number of ether oxygens (including phenoxy) is 1. The van der Waals surface area contributed by atoms with Gasteiger partial charge in [0.2, 0.25) is 0 Å². The Labute approximate surface area is 114 Å². The average molecular weight is 260 g/mol. The number of nitriles is 1. The Morgan fingerprint density at radius 3 is 2.53 bits per heavy atom. The smallest absolute Gasteiger partial charge is 0.324 e. The number of carbonyl (C=O) groups excluding carboxylic acids is 1. The molecule has 0 heterocycles. The predicted molar refractivity (Wildman–Crippen MR) is 73.4 cm³/mol. The molecule has 0 spiro atoms. The van der Waals surface area contributed by atoms with Crippen LogP contribution in [-0.2, 0) is 16.0 Å². The van der Waals surface area contributed by atoms with Crippen molar-refractivity contribution in [1.82, 2.24) is 5.32 Å². The summed E-state index contributed by atoms with van der Waals surface area (Å²) in [5, 5.41) is 11.5. The first kappa shape index (κ1) is 15.2. The van der Waals surface area contributed by atoms with Gasteiger partial charge >= 0.3 is 5.97 Å². The van der Waals surface area contributed by atoms with Crippen LogP contribution in [0.4, 0.5) is 0 Å². The molecule has 4 nitrogen and oxygen atoms in total. The molecular weight excluding hydrogens is 240 g/mol. The Morgan fingerprint density at radius 2 is 2.00 bits per heavy atom. The third-order valence-corrected chi connectivity index (χ3v) is 2.40. The molecule has 1 N–H and O–H groups in total. The van der Waals surface area contributed by atoms with Gasteiger partial charge in [-0.1, -0.05) is 30.3 Å². The van der Waals surface area contributed by atoms with Gasteiger partial charge in [0.25, 0.3) is 0 Å². The lowest BCUT2D eigenvalue weighted by Gasteiger charge is -2.24. The molecule has 0 unspecified atom stereocenters. The van der Waals surface area contributed by atoms with Crippen molar-refractivity contribution in [2.24, 2.45) is 0 Å². The first-order valence-corrected chi connectivity index (χ1v) is 6.29. The SMILES string of the molecule is CC(C)(C)OC(=O)[C@@H](Cc1ccccc1)NCC#N. The molecule has 0 saturated carbocycles. The second kappa shape index (κ2) is 6.91. The Kier molecular flexibility index (Phi) is 5.53. The van der Waals surface area contributed by atoms with Crippen LogP contribution in [0.3, 0.4) is 0 Å². The second-order valence-electron chi connectivity index (χ2n) is 5.31. The zero-order valence-electron chi connectivity index (χ0n) is 11.6. The molecule has 0 fully saturated rings. The molecule has 1 rings (SSSR count). The minimum atomic E-state index is -0.527. The van der Waals surface area contributed by atoms with Gasteiger partial charge in [0.1, 0.15) is 11.6 Å². The third kappa shape index (κ3) is 6.03. The fourth-order valence-electron chi connectivity index (χ4n) is 1.63. The molecule has 0 radical (unpaired) electrons. The van der Waals surface area contributed by atoms with Crippen LogP contribution in [0.5, 0.6) is 0 Å². The van der Waals surface area contributed by atoms with Crippen LogP contribution in [-0.4, -0.2) is 24.2 Å². The quantitative estimate of drug-likeness (QED) is 0.650. The largest absolute Gasteiger partial charge is 0.459 e. The van der Waals surface area contributed by atoms with Crippen LogP contribution < -0.4 is 5.32 Å². The maximum atomic E-state index is 12.1. The van der Waals surface area contributed by atoms with E-state index in [-0.39, 0.29) is 12.5 Å². The summed E-state index contributed by atoms with van der Waals surface area (Å²) in [4.78, 5) is 12.1. The van der Waals surface area contributed by atoms with E-state index in [2.05, 4.69) is 5.32 Å². The molecular formula is C15H20N2O2. The molecule has 0 amide bonds. The normalized spacial score (nSPS) is 12.5. The predicted octanol–water partition coefficient (Wildman–Crippen LogP) is 2.05. The number of hydrogen-bond donors (Lipinski definition) is 1. The van der Waals surface area contributed by atoms with Gasteiger partial charge in [-0.3, -0.25) is 10.1 Å². The molecule has 0 aliphatic heterocycles. The molecule has 1 atom stereocenters. The average Bonchev–Trinajstić information content (AvgIpc) is 2.33. The van der Waals surface area contributed by atoms with E-state index >= 15 is 0 Å². The van der Waals surface area contributed by atoms with E-state index in [1.807, 2.05) is 57.2 Å². The highest BCUT2D eigenvalue weighted by Gasteiger charge is 2.24. The van der Waals surface area contributed by atoms with Crippen LogP contribution in [0.1, 0.15) is 26.3 Å². The summed E-state index contributed by atoms with van der Waals surface area (Å²) in [7, 11) is 0. The highest BCUT2D eigenvalue weighted by atomic mass is 16.6. The number of carbonyl (C=O) groups is 1. The fourth-order valence-corrected chi connectivity index (χ4v) is 1.63. The third-order valence-electron chi connectivity index (χ3n) is 2.40. The molecule has 0 aromatic heterocycles. The van der Waals surface area contributed by atoms with Gasteiger partial charge in [0.05, 0.1) is 12.6 Å². The van der Waals surface area contributed by atoms with Gasteiger partial charge < -0.3 is 4.74 Å². The number of rotatable bonds is 5. The van der Waals surface area contributed by atoms with E-state index in [4.69, 9.17) is 10.00 Å². The second-order valence-corrected chi connectivity index (χ2v) is 5.31. The number of nitrogens with one attached hydrogen (secondary N) is 1. The lowest BCUT2D eigenvalue weighted by molar-refractivity contribution is -0.157. The monoisotopic (exact) mass is 260 g/mol. The van der Waals surface area contributed by atoms with Crippen molar-refractivity contribution < 1.29 is 9.53 Å². The fraction of sp³-hybridized carbons (Fsp3) is 0.467. The lowest BCUT2D eigenvalue weighted by atomic mass is 10.1. The maximum Gasteiger partial charge on any atom is 0.324 e. The van der Waals surface area contributed by atoms with Crippen LogP contribution in [0.25, 0.3) is 0 Å². The molecule has 0 aliphatic rings. The van der Waals surface area contributed by atoms with Crippen molar-refractivity contribution in [3.05, 3.63) is 35.9 Å². The van der Waals surface area contributed by atoms with Crippen molar-refractivity contribution in [3.8, 4) is 6.07 Å². The molecule has 0 bridgehead atoms. The van der Waals surface area contributed by atoms with E-state index < -0.39 is 11.6 Å². The van der Waals surface area contributed by atoms with Crippen molar-refractivity contribution >= 4 is 5.97 Å². The van der Waals surface area contributed by atoms with Crippen molar-refractivity contribution in [3.63, 3.8) is 0 Å². The summed E-state index contributed by atoms with van der Waals surface area (Å²) in [5.74, 6) is -0.327. The van der Waals surface area contributed by atoms with Crippen LogP contribution >= 0.6 is 0 Å². The minimum absolute atomic E-state index is 0.122. The van der Waals surface area contributed by atoms with Crippen molar-refractivity contribution in [2.75, 3.05) is 6.54 Å². The van der Waals surface area contributed by atoms with Crippen LogP contribution in [0, 0.1) is 11.3 Å². The van der Waals surface area contributed by atoms with Crippen molar-refractivity contribution in [2.45, 2.75) is 38.8 Å². The summed E-state index contributed by atoms with van der Waals surface area (Å²) < 4.78 is 5.36. The zero-order valence-corrected chi connectivity index (χ0v) is 11.6. The zero-order chi connectivity index (χ0) is 14.3. The first-order valence-electron chi connectivity index (χ1n) is 6.29. The Bertz CT molecular complexity index is 443. The maximum absolute atomic E-state index is 12.1. The minimum Gasteiger partial charge on any atom is -0.459 e. The van der Waals surface area contributed by atoms with Gasteiger partial charge in [-0.2, -0.15) is 5.26 Å². The summed E-state index contributed by atoms with van der Waals surface area (Å²) in [5.41, 5.74) is 0.504. The van der Waals surface area contributed by atoms with E-state index in [1.165, 1.54) is 0 Å². The van der Waals surface area contributed by atoms with Gasteiger partial charge in [0.15, 0.2) is 0 Å². The van der Waals surface area contributed by atoms with E-state index in [0.717, 1.165) is 5.56 Å². The molecule has 1 aromatic carbocycles. The summed E-state index contributed by atoms with van der Waals surface area (Å²) in [6.07, 6.45) is 0.511. The number of benzene rings is 1. The topological polar surface area (TPSA) is 62.1 Å². The molecule has 0 aliphatic carbocycles. The van der Waals surface area contributed by atoms with Gasteiger partial charge in [-0.15, -0.1) is 0 Å². The lowest BCUT2D eigenvalue weighted by Crippen LogP contribution is -2.42. The molecule has 1 aromatic rings. The molecule has 102 valence electrons.